The number of rotatable bonds is 1. The molecule has 0 aliphatic rings. The van der Waals surface area contributed by atoms with Gasteiger partial charge in [-0.3, -0.25) is 4.79 Å². The van der Waals surface area contributed by atoms with E-state index in [0.29, 0.717) is 20.9 Å². The molecule has 7 heteroatoms. The number of halogens is 1. The highest BCUT2D eigenvalue weighted by atomic mass is 35.5. The molecule has 0 fully saturated rings. The molecule has 3 heterocycles. The number of fused-ring (bicyclic) bond motifs is 3. The van der Waals surface area contributed by atoms with E-state index in [4.69, 9.17) is 11.6 Å². The van der Waals surface area contributed by atoms with Crippen molar-refractivity contribution in [2.75, 3.05) is 0 Å². The molecule has 1 aromatic carbocycles. The van der Waals surface area contributed by atoms with E-state index < -0.39 is 0 Å². The first-order chi connectivity index (χ1) is 11.1. The minimum absolute atomic E-state index is 0.233. The molecule has 5 nitrogen and oxygen atoms in total. The summed E-state index contributed by atoms with van der Waals surface area (Å²) in [5, 5.41) is 9.68. The lowest BCUT2D eigenvalue weighted by Gasteiger charge is -2.04. The van der Waals surface area contributed by atoms with Crippen molar-refractivity contribution in [2.24, 2.45) is 0 Å². The predicted molar refractivity (Wildman–Crippen MR) is 92.8 cm³/mol. The summed E-state index contributed by atoms with van der Waals surface area (Å²) >= 11 is 7.51. The summed E-state index contributed by atoms with van der Waals surface area (Å²) in [5.41, 5.74) is 2.85. The summed E-state index contributed by atoms with van der Waals surface area (Å²) in [7, 11) is 0. The van der Waals surface area contributed by atoms with E-state index in [0.717, 1.165) is 21.5 Å². The van der Waals surface area contributed by atoms with E-state index in [2.05, 4.69) is 15.3 Å². The molecule has 0 unspecified atom stereocenters. The SMILES string of the molecule is Cc1cc(C)c2c(n1)sc1c(=O)n(-c3ccccc3Cl)nnc12. The molecule has 4 aromatic rings. The van der Waals surface area contributed by atoms with E-state index in [1.165, 1.54) is 16.0 Å². The highest BCUT2D eigenvalue weighted by molar-refractivity contribution is 7.25. The van der Waals surface area contributed by atoms with Crippen molar-refractivity contribution in [1.29, 1.82) is 0 Å². The second-order valence-electron chi connectivity index (χ2n) is 5.30. The number of hydrogen-bond donors (Lipinski definition) is 0. The number of aryl methyl sites for hydroxylation is 2. The third-order valence-corrected chi connectivity index (χ3v) is 5.04. The van der Waals surface area contributed by atoms with Crippen molar-refractivity contribution >= 4 is 43.4 Å². The molecule has 0 aliphatic carbocycles. The van der Waals surface area contributed by atoms with Gasteiger partial charge in [-0.1, -0.05) is 28.9 Å². The van der Waals surface area contributed by atoms with Gasteiger partial charge in [-0.05, 0) is 37.6 Å². The average Bonchev–Trinajstić information content (AvgIpc) is 2.88. The highest BCUT2D eigenvalue weighted by Gasteiger charge is 2.17. The highest BCUT2D eigenvalue weighted by Crippen LogP contribution is 2.31. The first-order valence-electron chi connectivity index (χ1n) is 6.97. The maximum atomic E-state index is 12.8. The summed E-state index contributed by atoms with van der Waals surface area (Å²) in [4.78, 5) is 18.1. The van der Waals surface area contributed by atoms with Crippen LogP contribution in [-0.2, 0) is 0 Å². The van der Waals surface area contributed by atoms with Crippen LogP contribution in [0.15, 0.2) is 35.1 Å². The first-order valence-corrected chi connectivity index (χ1v) is 8.17. The molecule has 23 heavy (non-hydrogen) atoms. The molecule has 0 atom stereocenters. The van der Waals surface area contributed by atoms with Crippen LogP contribution in [-0.4, -0.2) is 20.0 Å². The number of para-hydroxylation sites is 1. The number of aromatic nitrogens is 4. The van der Waals surface area contributed by atoms with Gasteiger partial charge in [0, 0.05) is 11.1 Å². The summed E-state index contributed by atoms with van der Waals surface area (Å²) in [6.45, 7) is 3.93. The third kappa shape index (κ3) is 2.14. The van der Waals surface area contributed by atoms with Crippen molar-refractivity contribution in [3.05, 3.63) is 57.0 Å². The monoisotopic (exact) mass is 342 g/mol. The minimum atomic E-state index is -0.233. The number of hydrogen-bond acceptors (Lipinski definition) is 5. The van der Waals surface area contributed by atoms with Crippen molar-refractivity contribution in [1.82, 2.24) is 20.0 Å². The van der Waals surface area contributed by atoms with Crippen LogP contribution in [0.1, 0.15) is 11.3 Å². The summed E-state index contributed by atoms with van der Waals surface area (Å²) in [6, 6.07) is 9.05. The second-order valence-corrected chi connectivity index (χ2v) is 6.70. The lowest BCUT2D eigenvalue weighted by molar-refractivity contribution is 0.741. The Morgan fingerprint density at radius 1 is 1.22 bits per heavy atom. The van der Waals surface area contributed by atoms with Crippen LogP contribution in [0.2, 0.25) is 5.02 Å². The van der Waals surface area contributed by atoms with Gasteiger partial charge >= 0.3 is 0 Å². The van der Waals surface area contributed by atoms with Crippen LogP contribution in [0.25, 0.3) is 26.1 Å². The van der Waals surface area contributed by atoms with Crippen molar-refractivity contribution in [3.8, 4) is 5.69 Å². The topological polar surface area (TPSA) is 60.7 Å². The second kappa shape index (κ2) is 5.11. The normalized spacial score (nSPS) is 11.4. The molecular formula is C16H11ClN4OS. The van der Waals surface area contributed by atoms with Crippen LogP contribution < -0.4 is 5.56 Å². The molecular weight excluding hydrogens is 332 g/mol. The molecule has 0 amide bonds. The molecule has 114 valence electrons. The van der Waals surface area contributed by atoms with Crippen LogP contribution in [0.4, 0.5) is 0 Å². The molecule has 4 rings (SSSR count). The van der Waals surface area contributed by atoms with Crippen LogP contribution in [0.5, 0.6) is 0 Å². The summed E-state index contributed by atoms with van der Waals surface area (Å²) < 4.78 is 1.78. The molecule has 0 spiro atoms. The fourth-order valence-electron chi connectivity index (χ4n) is 2.67. The molecule has 0 saturated heterocycles. The number of nitrogens with zero attached hydrogens (tertiary/aromatic N) is 4. The fraction of sp³-hybridized carbons (Fsp3) is 0.125. The van der Waals surface area contributed by atoms with Gasteiger partial charge in [-0.15, -0.1) is 16.4 Å². The van der Waals surface area contributed by atoms with E-state index in [9.17, 15) is 4.79 Å². The van der Waals surface area contributed by atoms with Gasteiger partial charge in [0.1, 0.15) is 15.0 Å². The minimum Gasteiger partial charge on any atom is -0.266 e. The Bertz CT molecular complexity index is 1130. The zero-order chi connectivity index (χ0) is 16.1. The largest absolute Gasteiger partial charge is 0.292 e. The average molecular weight is 343 g/mol. The molecule has 0 radical (unpaired) electrons. The van der Waals surface area contributed by atoms with Crippen molar-refractivity contribution in [2.45, 2.75) is 13.8 Å². The standard InChI is InChI=1S/C16H11ClN4OS/c1-8-7-9(2)18-15-12(8)13-14(23-15)16(22)21(20-19-13)11-6-4-3-5-10(11)17/h3-7H,1-2H3. The van der Waals surface area contributed by atoms with Gasteiger partial charge in [-0.2, -0.15) is 4.68 Å². The smallest absolute Gasteiger partial charge is 0.266 e. The van der Waals surface area contributed by atoms with E-state index in [-0.39, 0.29) is 5.56 Å². The number of benzene rings is 1. The maximum Gasteiger partial charge on any atom is 0.292 e. The predicted octanol–water partition coefficient (Wildman–Crippen LogP) is 3.66. The number of thiophene rings is 1. The maximum absolute atomic E-state index is 12.8. The first kappa shape index (κ1) is 14.3. The third-order valence-electron chi connectivity index (χ3n) is 3.66. The quantitative estimate of drug-likeness (QED) is 0.529. The number of pyridine rings is 1. The Morgan fingerprint density at radius 3 is 2.78 bits per heavy atom. The van der Waals surface area contributed by atoms with Gasteiger partial charge in [0.05, 0.1) is 10.7 Å². The lowest BCUT2D eigenvalue weighted by Crippen LogP contribution is -2.21. The molecule has 0 N–H and O–H groups in total. The van der Waals surface area contributed by atoms with Crippen LogP contribution in [0.3, 0.4) is 0 Å². The van der Waals surface area contributed by atoms with Gasteiger partial charge in [0.2, 0.25) is 0 Å². The van der Waals surface area contributed by atoms with E-state index in [1.807, 2.05) is 19.9 Å². The van der Waals surface area contributed by atoms with E-state index in [1.54, 1.807) is 24.3 Å². The Balaban J connectivity index is 2.11. The zero-order valence-electron chi connectivity index (χ0n) is 12.4. The summed E-state index contributed by atoms with van der Waals surface area (Å²) in [6.07, 6.45) is 0. The summed E-state index contributed by atoms with van der Waals surface area (Å²) in [5.74, 6) is 0. The Kier molecular flexibility index (Phi) is 3.18. The van der Waals surface area contributed by atoms with E-state index >= 15 is 0 Å². The Morgan fingerprint density at radius 2 is 2.00 bits per heavy atom. The van der Waals surface area contributed by atoms with Gasteiger partial charge in [-0.25, -0.2) is 4.98 Å². The Hall–Kier alpha value is -2.31. The van der Waals surface area contributed by atoms with Crippen LogP contribution >= 0.6 is 22.9 Å². The molecule has 0 aliphatic heterocycles. The van der Waals surface area contributed by atoms with Gasteiger partial charge in [0.15, 0.2) is 0 Å². The van der Waals surface area contributed by atoms with Gasteiger partial charge < -0.3 is 0 Å². The van der Waals surface area contributed by atoms with Crippen LogP contribution in [0, 0.1) is 13.8 Å². The van der Waals surface area contributed by atoms with Gasteiger partial charge in [0.25, 0.3) is 5.56 Å². The lowest BCUT2D eigenvalue weighted by atomic mass is 10.1. The fourth-order valence-corrected chi connectivity index (χ4v) is 4.04. The zero-order valence-corrected chi connectivity index (χ0v) is 13.9. The van der Waals surface area contributed by atoms with Crippen molar-refractivity contribution in [3.63, 3.8) is 0 Å². The van der Waals surface area contributed by atoms with Crippen molar-refractivity contribution < 1.29 is 0 Å². The Labute approximate surface area is 140 Å². The molecule has 0 saturated carbocycles. The molecule has 0 bridgehead atoms. The molecule has 3 aromatic heterocycles.